The molecular weight excluding hydrogens is 507 g/mol. The van der Waals surface area contributed by atoms with E-state index in [1.165, 1.54) is 5.56 Å². The van der Waals surface area contributed by atoms with E-state index in [0.717, 1.165) is 37.3 Å². The Morgan fingerprint density at radius 2 is 1.57 bits per heavy atom. The minimum absolute atomic E-state index is 0.0210. The molecule has 1 fully saturated rings. The van der Waals surface area contributed by atoms with Crippen LogP contribution >= 0.6 is 23.2 Å². The Hall–Kier alpha value is -3.73. The minimum atomic E-state index is 0.0210. The molecule has 2 N–H and O–H groups in total. The molecule has 0 saturated carbocycles. The van der Waals surface area contributed by atoms with Crippen LogP contribution in [-0.2, 0) is 11.2 Å². The molecule has 37 heavy (non-hydrogen) atoms. The minimum Gasteiger partial charge on any atom is -0.368 e. The summed E-state index contributed by atoms with van der Waals surface area (Å²) in [4.78, 5) is 20.6. The molecule has 1 aliphatic heterocycles. The monoisotopic (exact) mass is 534 g/mol. The summed E-state index contributed by atoms with van der Waals surface area (Å²) in [5, 5.41) is 16.2. The Morgan fingerprint density at radius 3 is 2.22 bits per heavy atom. The molecule has 0 atom stereocenters. The van der Waals surface area contributed by atoms with E-state index in [1.54, 1.807) is 18.2 Å². The van der Waals surface area contributed by atoms with E-state index in [4.69, 9.17) is 23.2 Å². The molecule has 3 aromatic rings. The SMILES string of the molecule is N#C/N=C(/Nc1c(Cl)cccc1Cl)N1CCN(c2ccc(NC(=O)CCCc3ccccc3)cc2)CC1. The molecule has 9 heteroatoms. The number of guanidine groups is 1. The van der Waals surface area contributed by atoms with Gasteiger partial charge in [0.15, 0.2) is 0 Å². The second-order valence-corrected chi connectivity index (χ2v) is 9.48. The molecule has 0 radical (unpaired) electrons. The van der Waals surface area contributed by atoms with E-state index in [9.17, 15) is 10.1 Å². The van der Waals surface area contributed by atoms with Crippen molar-refractivity contribution in [3.05, 3.63) is 88.4 Å². The maximum absolute atomic E-state index is 12.3. The molecule has 0 bridgehead atoms. The van der Waals surface area contributed by atoms with Gasteiger partial charge in [-0.25, -0.2) is 0 Å². The molecule has 3 aromatic carbocycles. The fourth-order valence-corrected chi connectivity index (χ4v) is 4.70. The zero-order valence-corrected chi connectivity index (χ0v) is 21.8. The quantitative estimate of drug-likeness (QED) is 0.220. The summed E-state index contributed by atoms with van der Waals surface area (Å²) in [6, 6.07) is 23.3. The number of benzene rings is 3. The summed E-state index contributed by atoms with van der Waals surface area (Å²) in [5.74, 6) is 0.440. The number of nitrogens with zero attached hydrogens (tertiary/aromatic N) is 4. The molecule has 1 saturated heterocycles. The summed E-state index contributed by atoms with van der Waals surface area (Å²) in [6.45, 7) is 2.81. The van der Waals surface area contributed by atoms with Crippen LogP contribution in [-0.4, -0.2) is 42.9 Å². The summed E-state index contributed by atoms with van der Waals surface area (Å²) in [6.07, 6.45) is 4.05. The topological polar surface area (TPSA) is 83.8 Å². The maximum Gasteiger partial charge on any atom is 0.224 e. The summed E-state index contributed by atoms with van der Waals surface area (Å²) in [7, 11) is 0. The number of hydrogen-bond acceptors (Lipinski definition) is 4. The molecule has 4 rings (SSSR count). The Labute approximate surface area is 227 Å². The Balaban J connectivity index is 1.27. The first kappa shape index (κ1) is 26.3. The molecule has 1 heterocycles. The predicted octanol–water partition coefficient (Wildman–Crippen LogP) is 6.03. The molecule has 7 nitrogen and oxygen atoms in total. The molecule has 1 aliphatic rings. The van der Waals surface area contributed by atoms with Crippen LogP contribution < -0.4 is 15.5 Å². The molecule has 190 valence electrons. The van der Waals surface area contributed by atoms with E-state index in [1.807, 2.05) is 53.6 Å². The van der Waals surface area contributed by atoms with Gasteiger partial charge in [-0.1, -0.05) is 59.6 Å². The number of rotatable bonds is 7. The van der Waals surface area contributed by atoms with Crippen molar-refractivity contribution in [2.24, 2.45) is 4.99 Å². The zero-order valence-electron chi connectivity index (χ0n) is 20.3. The highest BCUT2D eigenvalue weighted by Gasteiger charge is 2.22. The second kappa shape index (κ2) is 13.0. The van der Waals surface area contributed by atoms with Crippen LogP contribution in [0.15, 0.2) is 77.8 Å². The number of halogens is 2. The van der Waals surface area contributed by atoms with Crippen LogP contribution in [0.1, 0.15) is 18.4 Å². The largest absolute Gasteiger partial charge is 0.368 e. The van der Waals surface area contributed by atoms with Gasteiger partial charge in [-0.05, 0) is 54.8 Å². The molecule has 0 aliphatic carbocycles. The van der Waals surface area contributed by atoms with E-state index < -0.39 is 0 Å². The van der Waals surface area contributed by atoms with Gasteiger partial charge in [0.05, 0.1) is 15.7 Å². The molecule has 1 amide bonds. The van der Waals surface area contributed by atoms with Crippen molar-refractivity contribution in [2.45, 2.75) is 19.3 Å². The number of anilines is 3. The number of piperazine rings is 1. The first-order valence-corrected chi connectivity index (χ1v) is 12.9. The fourth-order valence-electron chi connectivity index (χ4n) is 4.21. The number of nitrogens with one attached hydrogen (secondary N) is 2. The van der Waals surface area contributed by atoms with E-state index >= 15 is 0 Å². The third kappa shape index (κ3) is 7.39. The van der Waals surface area contributed by atoms with Crippen molar-refractivity contribution < 1.29 is 4.79 Å². The van der Waals surface area contributed by atoms with Crippen LogP contribution in [0.4, 0.5) is 17.1 Å². The lowest BCUT2D eigenvalue weighted by atomic mass is 10.1. The van der Waals surface area contributed by atoms with Crippen LogP contribution in [0.5, 0.6) is 0 Å². The highest BCUT2D eigenvalue weighted by molar-refractivity contribution is 6.39. The third-order valence-electron chi connectivity index (χ3n) is 6.16. The fraction of sp³-hybridized carbons (Fsp3) is 0.250. The lowest BCUT2D eigenvalue weighted by molar-refractivity contribution is -0.116. The first-order chi connectivity index (χ1) is 18.0. The first-order valence-electron chi connectivity index (χ1n) is 12.1. The average molecular weight is 535 g/mol. The van der Waals surface area contributed by atoms with Gasteiger partial charge in [-0.15, -0.1) is 4.99 Å². The van der Waals surface area contributed by atoms with Crippen molar-refractivity contribution in [1.82, 2.24) is 4.90 Å². The molecule has 0 aromatic heterocycles. The number of nitriles is 1. The van der Waals surface area contributed by atoms with E-state index in [0.29, 0.717) is 41.2 Å². The van der Waals surface area contributed by atoms with E-state index in [-0.39, 0.29) is 5.91 Å². The van der Waals surface area contributed by atoms with Gasteiger partial charge in [0.1, 0.15) is 0 Å². The average Bonchev–Trinajstić information content (AvgIpc) is 2.91. The Kier molecular flexibility index (Phi) is 9.25. The number of carbonyl (C=O) groups is 1. The Bertz CT molecular complexity index is 1250. The van der Waals surface area contributed by atoms with Crippen molar-refractivity contribution in [2.75, 3.05) is 41.7 Å². The normalized spacial score (nSPS) is 13.7. The van der Waals surface area contributed by atoms with E-state index in [2.05, 4.69) is 32.7 Å². The number of aryl methyl sites for hydroxylation is 1. The van der Waals surface area contributed by atoms with Gasteiger partial charge in [0.25, 0.3) is 0 Å². The molecule has 0 spiro atoms. The summed E-state index contributed by atoms with van der Waals surface area (Å²) in [5.41, 5.74) is 3.63. The zero-order chi connectivity index (χ0) is 26.0. The van der Waals surface area contributed by atoms with Crippen LogP contribution in [0.2, 0.25) is 10.0 Å². The lowest BCUT2D eigenvalue weighted by Crippen LogP contribution is -2.50. The highest BCUT2D eigenvalue weighted by Crippen LogP contribution is 2.30. The predicted molar refractivity (Wildman–Crippen MR) is 151 cm³/mol. The van der Waals surface area contributed by atoms with Crippen LogP contribution in [0, 0.1) is 11.5 Å². The van der Waals surface area contributed by atoms with Gasteiger partial charge in [0.2, 0.25) is 18.1 Å². The summed E-state index contributed by atoms with van der Waals surface area (Å²) >= 11 is 12.5. The second-order valence-electron chi connectivity index (χ2n) is 8.67. The van der Waals surface area contributed by atoms with Crippen LogP contribution in [0.3, 0.4) is 0 Å². The highest BCUT2D eigenvalue weighted by atomic mass is 35.5. The number of para-hydroxylation sites is 1. The van der Waals surface area contributed by atoms with Gasteiger partial charge in [-0.2, -0.15) is 5.26 Å². The maximum atomic E-state index is 12.3. The lowest BCUT2D eigenvalue weighted by Gasteiger charge is -2.37. The Morgan fingerprint density at radius 1 is 0.892 bits per heavy atom. The van der Waals surface area contributed by atoms with Crippen molar-refractivity contribution >= 4 is 52.1 Å². The van der Waals surface area contributed by atoms with Crippen LogP contribution in [0.25, 0.3) is 0 Å². The van der Waals surface area contributed by atoms with Gasteiger partial charge >= 0.3 is 0 Å². The standard InChI is InChI=1S/C28H28Cl2N6O/c29-24-9-5-10-25(30)27(24)34-28(32-20-31)36-18-16-35(17-19-36)23-14-12-22(13-15-23)33-26(37)11-4-8-21-6-2-1-3-7-21/h1-3,5-7,9-10,12-15H,4,8,11,16-19H2,(H,32,34)(H,33,37). The smallest absolute Gasteiger partial charge is 0.224 e. The van der Waals surface area contributed by atoms with Crippen molar-refractivity contribution in [3.63, 3.8) is 0 Å². The summed E-state index contributed by atoms with van der Waals surface area (Å²) < 4.78 is 0. The van der Waals surface area contributed by atoms with Gasteiger partial charge in [0, 0.05) is 44.0 Å². The number of aliphatic imine (C=N–C) groups is 1. The van der Waals surface area contributed by atoms with Crippen molar-refractivity contribution in [1.29, 1.82) is 5.26 Å². The molecular formula is C28H28Cl2N6O. The van der Waals surface area contributed by atoms with Gasteiger partial charge < -0.3 is 20.4 Å². The third-order valence-corrected chi connectivity index (χ3v) is 6.79. The number of amides is 1. The molecule has 0 unspecified atom stereocenters. The number of carbonyl (C=O) groups excluding carboxylic acids is 1. The number of hydrogen-bond donors (Lipinski definition) is 2. The van der Waals surface area contributed by atoms with Crippen molar-refractivity contribution in [3.8, 4) is 6.19 Å². The van der Waals surface area contributed by atoms with Gasteiger partial charge in [-0.3, -0.25) is 4.79 Å².